The van der Waals surface area contributed by atoms with E-state index in [1.54, 1.807) is 0 Å². The molecule has 8 aliphatic rings. The van der Waals surface area contributed by atoms with Crippen LogP contribution in [0.1, 0.15) is 77.0 Å². The zero-order valence-corrected chi connectivity index (χ0v) is 16.1. The first kappa shape index (κ1) is 16.4. The molecule has 0 aromatic rings. The second kappa shape index (κ2) is 5.72. The van der Waals surface area contributed by atoms with Crippen molar-refractivity contribution in [2.75, 3.05) is 13.4 Å². The molecule has 0 atom stereocenters. The van der Waals surface area contributed by atoms with Gasteiger partial charge in [0, 0.05) is 0 Å². The van der Waals surface area contributed by atoms with Crippen LogP contribution in [0.5, 0.6) is 0 Å². The number of rotatable bonds is 5. The summed E-state index contributed by atoms with van der Waals surface area (Å²) >= 11 is 0. The van der Waals surface area contributed by atoms with Gasteiger partial charge in [-0.1, -0.05) is 0 Å². The average molecular weight is 359 g/mol. The molecule has 144 valence electrons. The van der Waals surface area contributed by atoms with E-state index in [0.717, 1.165) is 61.4 Å². The molecule has 0 aliphatic heterocycles. The summed E-state index contributed by atoms with van der Waals surface area (Å²) in [4.78, 5) is 12.9. The van der Waals surface area contributed by atoms with Crippen molar-refractivity contribution in [3.8, 4) is 0 Å². The van der Waals surface area contributed by atoms with Crippen molar-refractivity contribution in [1.29, 1.82) is 0 Å². The van der Waals surface area contributed by atoms with Gasteiger partial charge < -0.3 is 9.47 Å². The first-order valence-electron chi connectivity index (χ1n) is 11.3. The fourth-order valence-electron chi connectivity index (χ4n) is 9.33. The summed E-state index contributed by atoms with van der Waals surface area (Å²) in [7, 11) is 0. The third-order valence-electron chi connectivity index (χ3n) is 9.32. The van der Waals surface area contributed by atoms with Crippen molar-refractivity contribution >= 4 is 5.97 Å². The molecule has 0 N–H and O–H groups in total. The summed E-state index contributed by atoms with van der Waals surface area (Å²) in [5.41, 5.74) is 0.278. The predicted octanol–water partition coefficient (Wildman–Crippen LogP) is 4.94. The van der Waals surface area contributed by atoms with E-state index in [9.17, 15) is 4.79 Å². The van der Waals surface area contributed by atoms with Crippen molar-refractivity contribution in [2.24, 2.45) is 46.3 Å². The highest BCUT2D eigenvalue weighted by molar-refractivity contribution is 5.77. The lowest BCUT2D eigenvalue weighted by atomic mass is 9.49. The van der Waals surface area contributed by atoms with Gasteiger partial charge in [-0.15, -0.1) is 0 Å². The van der Waals surface area contributed by atoms with Crippen LogP contribution in [-0.4, -0.2) is 19.4 Å². The van der Waals surface area contributed by atoms with Crippen molar-refractivity contribution in [3.63, 3.8) is 0 Å². The van der Waals surface area contributed by atoms with Gasteiger partial charge in [0.05, 0.1) is 12.0 Å². The first-order valence-corrected chi connectivity index (χ1v) is 11.3. The fourth-order valence-corrected chi connectivity index (χ4v) is 9.33. The van der Waals surface area contributed by atoms with Gasteiger partial charge >= 0.3 is 5.97 Å². The smallest absolute Gasteiger partial charge is 0.314 e. The lowest BCUT2D eigenvalue weighted by Crippen LogP contribution is -2.51. The minimum Gasteiger partial charge on any atom is -0.438 e. The second-order valence-corrected chi connectivity index (χ2v) is 11.5. The van der Waals surface area contributed by atoms with Crippen LogP contribution in [0.25, 0.3) is 0 Å². The van der Waals surface area contributed by atoms with Crippen LogP contribution in [-0.2, 0) is 14.3 Å². The quantitative estimate of drug-likeness (QED) is 0.397. The van der Waals surface area contributed by atoms with Gasteiger partial charge in [0.25, 0.3) is 0 Å². The van der Waals surface area contributed by atoms with Crippen LogP contribution in [0.15, 0.2) is 0 Å². The second-order valence-electron chi connectivity index (χ2n) is 11.5. The van der Waals surface area contributed by atoms with Crippen LogP contribution < -0.4 is 0 Å². The molecule has 0 amide bonds. The first-order chi connectivity index (χ1) is 12.6. The summed E-state index contributed by atoms with van der Waals surface area (Å²) in [5, 5.41) is 0. The van der Waals surface area contributed by atoms with E-state index in [1.807, 2.05) is 0 Å². The Bertz CT molecular complexity index is 524. The maximum Gasteiger partial charge on any atom is 0.314 e. The van der Waals surface area contributed by atoms with Gasteiger partial charge in [-0.25, -0.2) is 0 Å². The normalized spacial score (nSPS) is 53.2. The molecule has 0 heterocycles. The molecule has 0 saturated heterocycles. The highest BCUT2D eigenvalue weighted by atomic mass is 16.7. The standard InChI is InChI=1S/C23H34O3/c24-21(23-10-18-4-19(11-23)6-20(5-18)12-23)26-14-25-13-22-7-15-1-16(8-22)3-17(2-15)9-22/h15-20H,1-14H2. The van der Waals surface area contributed by atoms with Crippen LogP contribution in [0.2, 0.25) is 0 Å². The molecule has 8 fully saturated rings. The Labute approximate surface area is 157 Å². The summed E-state index contributed by atoms with van der Waals surface area (Å²) in [6.07, 6.45) is 15.9. The molecule has 0 radical (unpaired) electrons. The molecular weight excluding hydrogens is 324 g/mol. The Morgan fingerprint density at radius 3 is 1.58 bits per heavy atom. The maximum absolute atomic E-state index is 12.9. The minimum atomic E-state index is -0.140. The van der Waals surface area contributed by atoms with Crippen molar-refractivity contribution in [3.05, 3.63) is 0 Å². The van der Waals surface area contributed by atoms with E-state index < -0.39 is 0 Å². The average Bonchev–Trinajstić information content (AvgIpc) is 2.56. The number of carbonyl (C=O) groups is 1. The van der Waals surface area contributed by atoms with E-state index in [-0.39, 0.29) is 18.2 Å². The SMILES string of the molecule is O=C(OCOCC12CC3CC(CC(C3)C1)C2)C12CC3CC(CC(C3)C1)C2. The van der Waals surface area contributed by atoms with Gasteiger partial charge in [-0.05, 0) is 118 Å². The van der Waals surface area contributed by atoms with Crippen LogP contribution >= 0.6 is 0 Å². The summed E-state index contributed by atoms with van der Waals surface area (Å²) in [5.74, 6) is 5.32. The fraction of sp³-hybridized carbons (Fsp3) is 0.957. The van der Waals surface area contributed by atoms with Crippen molar-refractivity contribution in [1.82, 2.24) is 0 Å². The minimum absolute atomic E-state index is 0.0714. The van der Waals surface area contributed by atoms with E-state index >= 15 is 0 Å². The molecule has 8 saturated carbocycles. The molecule has 8 rings (SSSR count). The Hall–Kier alpha value is -0.570. The molecule has 3 nitrogen and oxygen atoms in total. The highest BCUT2D eigenvalue weighted by Crippen LogP contribution is 2.61. The molecule has 8 bridgehead atoms. The molecule has 3 heteroatoms. The number of hydrogen-bond acceptors (Lipinski definition) is 3. The number of hydrogen-bond donors (Lipinski definition) is 0. The molecule has 0 spiro atoms. The Morgan fingerprint density at radius 1 is 0.692 bits per heavy atom. The van der Waals surface area contributed by atoms with Crippen LogP contribution in [0.4, 0.5) is 0 Å². The van der Waals surface area contributed by atoms with Gasteiger partial charge in [-0.3, -0.25) is 4.79 Å². The maximum atomic E-state index is 12.9. The molecule has 26 heavy (non-hydrogen) atoms. The van der Waals surface area contributed by atoms with Gasteiger partial charge in [0.1, 0.15) is 0 Å². The number of carbonyl (C=O) groups excluding carboxylic acids is 1. The third kappa shape index (κ3) is 2.59. The van der Waals surface area contributed by atoms with E-state index in [0.29, 0.717) is 5.41 Å². The lowest BCUT2D eigenvalue weighted by molar-refractivity contribution is -0.189. The monoisotopic (exact) mass is 358 g/mol. The summed E-state index contributed by atoms with van der Waals surface area (Å²) in [6, 6.07) is 0. The van der Waals surface area contributed by atoms with Crippen LogP contribution in [0, 0.1) is 46.3 Å². The topological polar surface area (TPSA) is 35.5 Å². The van der Waals surface area contributed by atoms with E-state index in [4.69, 9.17) is 9.47 Å². The van der Waals surface area contributed by atoms with Crippen molar-refractivity contribution in [2.45, 2.75) is 77.0 Å². The molecule has 0 aromatic heterocycles. The van der Waals surface area contributed by atoms with E-state index in [1.165, 1.54) is 57.8 Å². The van der Waals surface area contributed by atoms with Gasteiger partial charge in [0.15, 0.2) is 6.79 Å². The Morgan fingerprint density at radius 2 is 1.12 bits per heavy atom. The summed E-state index contributed by atoms with van der Waals surface area (Å²) < 4.78 is 11.7. The third-order valence-corrected chi connectivity index (χ3v) is 9.32. The lowest BCUT2D eigenvalue weighted by Gasteiger charge is -2.56. The molecular formula is C23H34O3. The summed E-state index contributed by atoms with van der Waals surface area (Å²) in [6.45, 7) is 1.02. The zero-order valence-electron chi connectivity index (χ0n) is 16.1. The molecule has 0 unspecified atom stereocenters. The highest BCUT2D eigenvalue weighted by Gasteiger charge is 2.55. The van der Waals surface area contributed by atoms with E-state index in [2.05, 4.69) is 0 Å². The van der Waals surface area contributed by atoms with Crippen LogP contribution in [0.3, 0.4) is 0 Å². The number of ether oxygens (including phenoxy) is 2. The largest absolute Gasteiger partial charge is 0.438 e. The molecule has 0 aromatic carbocycles. The number of esters is 1. The van der Waals surface area contributed by atoms with Crippen molar-refractivity contribution < 1.29 is 14.3 Å². The molecule has 8 aliphatic carbocycles. The Kier molecular flexibility index (Phi) is 3.60. The zero-order chi connectivity index (χ0) is 17.4. The van der Waals surface area contributed by atoms with Gasteiger partial charge in [-0.2, -0.15) is 0 Å². The Balaban J connectivity index is 1.03. The predicted molar refractivity (Wildman–Crippen MR) is 98.1 cm³/mol. The van der Waals surface area contributed by atoms with Gasteiger partial charge in [0.2, 0.25) is 0 Å².